The minimum Gasteiger partial charge on any atom is -0.504 e. The highest BCUT2D eigenvalue weighted by atomic mass is 16.5. The fourth-order valence-electron chi connectivity index (χ4n) is 1.81. The average molecular weight is 266 g/mol. The van der Waals surface area contributed by atoms with Crippen molar-refractivity contribution in [3.63, 3.8) is 0 Å². The summed E-state index contributed by atoms with van der Waals surface area (Å²) in [5.41, 5.74) is 6.03. The molecule has 19 heavy (non-hydrogen) atoms. The van der Waals surface area contributed by atoms with Crippen molar-refractivity contribution in [2.24, 2.45) is 11.7 Å². The highest BCUT2D eigenvalue weighted by Crippen LogP contribution is 2.26. The van der Waals surface area contributed by atoms with Gasteiger partial charge in [0.1, 0.15) is 0 Å². The number of carbonyl (C=O) groups is 1. The number of ether oxygens (including phenoxy) is 1. The number of hydrogen-bond acceptors (Lipinski definition) is 4. The Morgan fingerprint density at radius 1 is 1.53 bits per heavy atom. The molecule has 0 aliphatic heterocycles. The first-order valence-corrected chi connectivity index (χ1v) is 6.39. The molecule has 0 fully saturated rings. The van der Waals surface area contributed by atoms with Crippen molar-refractivity contribution in [2.75, 3.05) is 26.7 Å². The fourth-order valence-corrected chi connectivity index (χ4v) is 1.81. The number of phenolic OH excluding ortho intramolecular Hbond substituents is 1. The molecule has 0 radical (unpaired) electrons. The molecule has 1 aromatic rings. The van der Waals surface area contributed by atoms with Gasteiger partial charge in [0.05, 0.1) is 7.11 Å². The zero-order chi connectivity index (χ0) is 14.4. The second kappa shape index (κ2) is 6.99. The maximum absolute atomic E-state index is 12.3. The van der Waals surface area contributed by atoms with E-state index in [4.69, 9.17) is 10.5 Å². The van der Waals surface area contributed by atoms with E-state index >= 15 is 0 Å². The third kappa shape index (κ3) is 3.86. The van der Waals surface area contributed by atoms with Crippen LogP contribution in [0.5, 0.6) is 11.5 Å². The van der Waals surface area contributed by atoms with Crippen LogP contribution in [0, 0.1) is 5.92 Å². The quantitative estimate of drug-likeness (QED) is 0.817. The van der Waals surface area contributed by atoms with Gasteiger partial charge in [-0.05, 0) is 37.6 Å². The van der Waals surface area contributed by atoms with Crippen LogP contribution in [0.15, 0.2) is 18.2 Å². The number of nitrogens with zero attached hydrogens (tertiary/aromatic N) is 1. The van der Waals surface area contributed by atoms with Crippen molar-refractivity contribution in [3.8, 4) is 11.5 Å². The lowest BCUT2D eigenvalue weighted by Gasteiger charge is -2.24. The fraction of sp³-hybridized carbons (Fsp3) is 0.500. The molecular formula is C14H22N2O3. The van der Waals surface area contributed by atoms with Crippen molar-refractivity contribution >= 4 is 5.91 Å². The highest BCUT2D eigenvalue weighted by molar-refractivity contribution is 5.94. The van der Waals surface area contributed by atoms with Crippen LogP contribution in [0.2, 0.25) is 0 Å². The number of aromatic hydroxyl groups is 1. The molecule has 0 bridgehead atoms. The van der Waals surface area contributed by atoms with Gasteiger partial charge in [0.2, 0.25) is 0 Å². The number of rotatable bonds is 6. The van der Waals surface area contributed by atoms with Crippen LogP contribution in [-0.4, -0.2) is 42.7 Å². The van der Waals surface area contributed by atoms with Crippen LogP contribution in [-0.2, 0) is 0 Å². The number of amides is 1. The summed E-state index contributed by atoms with van der Waals surface area (Å²) < 4.78 is 4.96. The van der Waals surface area contributed by atoms with Gasteiger partial charge < -0.3 is 20.5 Å². The molecular weight excluding hydrogens is 244 g/mol. The summed E-state index contributed by atoms with van der Waals surface area (Å²) in [6, 6.07) is 4.66. The van der Waals surface area contributed by atoms with Crippen molar-refractivity contribution < 1.29 is 14.6 Å². The van der Waals surface area contributed by atoms with E-state index in [1.54, 1.807) is 17.0 Å². The summed E-state index contributed by atoms with van der Waals surface area (Å²) in [5, 5.41) is 9.71. The van der Waals surface area contributed by atoms with Crippen molar-refractivity contribution in [3.05, 3.63) is 23.8 Å². The predicted molar refractivity (Wildman–Crippen MR) is 74.5 cm³/mol. The van der Waals surface area contributed by atoms with E-state index < -0.39 is 0 Å². The van der Waals surface area contributed by atoms with Crippen molar-refractivity contribution in [2.45, 2.75) is 13.8 Å². The lowest BCUT2D eigenvalue weighted by Crippen LogP contribution is -2.36. The smallest absolute Gasteiger partial charge is 0.253 e. The Labute approximate surface area is 114 Å². The zero-order valence-corrected chi connectivity index (χ0v) is 11.7. The molecule has 0 heterocycles. The third-order valence-corrected chi connectivity index (χ3v) is 3.03. The molecule has 5 nitrogen and oxygen atoms in total. The number of methoxy groups -OCH3 is 1. The van der Waals surface area contributed by atoms with E-state index in [0.717, 1.165) is 0 Å². The first-order valence-electron chi connectivity index (χ1n) is 6.39. The number of hydrogen-bond donors (Lipinski definition) is 2. The molecule has 1 rings (SSSR count). The number of benzene rings is 1. The van der Waals surface area contributed by atoms with Crippen LogP contribution in [0.1, 0.15) is 24.2 Å². The van der Waals surface area contributed by atoms with E-state index in [2.05, 4.69) is 0 Å². The first-order chi connectivity index (χ1) is 9.03. The van der Waals surface area contributed by atoms with Crippen LogP contribution < -0.4 is 10.5 Å². The molecule has 1 aromatic carbocycles. The SMILES string of the molecule is CCN(CC(C)CN)C(=O)c1ccc(OC)c(O)c1. The summed E-state index contributed by atoms with van der Waals surface area (Å²) in [4.78, 5) is 14.0. The van der Waals surface area contributed by atoms with E-state index in [-0.39, 0.29) is 17.6 Å². The number of phenols is 1. The van der Waals surface area contributed by atoms with Crippen LogP contribution in [0.4, 0.5) is 0 Å². The zero-order valence-electron chi connectivity index (χ0n) is 11.7. The standard InChI is InChI=1S/C14H22N2O3/c1-4-16(9-10(2)8-15)14(18)11-5-6-13(19-3)12(17)7-11/h5-7,10,17H,4,8-9,15H2,1-3H3. The molecule has 1 unspecified atom stereocenters. The maximum atomic E-state index is 12.3. The summed E-state index contributed by atoms with van der Waals surface area (Å²) in [7, 11) is 1.47. The van der Waals surface area contributed by atoms with Gasteiger partial charge in [0.15, 0.2) is 11.5 Å². The monoisotopic (exact) mass is 266 g/mol. The molecule has 5 heteroatoms. The van der Waals surface area contributed by atoms with E-state index in [0.29, 0.717) is 30.9 Å². The van der Waals surface area contributed by atoms with Crippen LogP contribution in [0.3, 0.4) is 0 Å². The first kappa shape index (κ1) is 15.3. The van der Waals surface area contributed by atoms with Gasteiger partial charge in [-0.3, -0.25) is 4.79 Å². The van der Waals surface area contributed by atoms with Crippen molar-refractivity contribution in [1.29, 1.82) is 0 Å². The predicted octanol–water partition coefficient (Wildman–Crippen LogP) is 1.46. The van der Waals surface area contributed by atoms with E-state index in [1.165, 1.54) is 13.2 Å². The lowest BCUT2D eigenvalue weighted by molar-refractivity contribution is 0.0743. The molecule has 1 amide bonds. The van der Waals surface area contributed by atoms with Gasteiger partial charge in [0, 0.05) is 18.7 Å². The normalized spacial score (nSPS) is 12.0. The number of carbonyl (C=O) groups excluding carboxylic acids is 1. The molecule has 0 saturated heterocycles. The molecule has 0 aromatic heterocycles. The molecule has 0 aliphatic rings. The van der Waals surface area contributed by atoms with Gasteiger partial charge in [0.25, 0.3) is 5.91 Å². The van der Waals surface area contributed by atoms with Gasteiger partial charge in [-0.1, -0.05) is 6.92 Å². The second-order valence-electron chi connectivity index (χ2n) is 4.57. The van der Waals surface area contributed by atoms with Crippen LogP contribution in [0.25, 0.3) is 0 Å². The maximum Gasteiger partial charge on any atom is 0.253 e. The molecule has 1 atom stereocenters. The Hall–Kier alpha value is -1.75. The molecule has 0 saturated carbocycles. The summed E-state index contributed by atoms with van der Waals surface area (Å²) >= 11 is 0. The molecule has 106 valence electrons. The van der Waals surface area contributed by atoms with Gasteiger partial charge in [-0.15, -0.1) is 0 Å². The van der Waals surface area contributed by atoms with Gasteiger partial charge >= 0.3 is 0 Å². The Kier molecular flexibility index (Phi) is 5.63. The summed E-state index contributed by atoms with van der Waals surface area (Å²) in [6.07, 6.45) is 0. The summed E-state index contributed by atoms with van der Waals surface area (Å²) in [6.45, 7) is 5.68. The Balaban J connectivity index is 2.88. The molecule has 0 aliphatic carbocycles. The Bertz CT molecular complexity index is 435. The van der Waals surface area contributed by atoms with E-state index in [1.807, 2.05) is 13.8 Å². The topological polar surface area (TPSA) is 75.8 Å². The minimum absolute atomic E-state index is 0.0312. The Morgan fingerprint density at radius 2 is 2.21 bits per heavy atom. The van der Waals surface area contributed by atoms with Gasteiger partial charge in [-0.2, -0.15) is 0 Å². The van der Waals surface area contributed by atoms with Crippen molar-refractivity contribution in [1.82, 2.24) is 4.90 Å². The lowest BCUT2D eigenvalue weighted by atomic mass is 10.1. The largest absolute Gasteiger partial charge is 0.504 e. The minimum atomic E-state index is -0.110. The molecule has 3 N–H and O–H groups in total. The average Bonchev–Trinajstić information content (AvgIpc) is 2.43. The second-order valence-corrected chi connectivity index (χ2v) is 4.57. The highest BCUT2D eigenvalue weighted by Gasteiger charge is 2.17. The van der Waals surface area contributed by atoms with Crippen LogP contribution >= 0.6 is 0 Å². The van der Waals surface area contributed by atoms with Gasteiger partial charge in [-0.25, -0.2) is 0 Å². The number of nitrogens with two attached hydrogens (primary N) is 1. The molecule has 0 spiro atoms. The van der Waals surface area contributed by atoms with E-state index in [9.17, 15) is 9.90 Å². The third-order valence-electron chi connectivity index (χ3n) is 3.03. The Morgan fingerprint density at radius 3 is 2.68 bits per heavy atom. The summed E-state index contributed by atoms with van der Waals surface area (Å²) in [5.74, 6) is 0.461.